The molecule has 1 aromatic carbocycles. The summed E-state index contributed by atoms with van der Waals surface area (Å²) in [6, 6.07) is 2.81. The van der Waals surface area contributed by atoms with Gasteiger partial charge in [-0.25, -0.2) is 17.2 Å². The Morgan fingerprint density at radius 1 is 0.909 bits per heavy atom. The fourth-order valence-corrected chi connectivity index (χ4v) is 9.30. The smallest absolute Gasteiger partial charge is 0.437 e. The second-order valence-corrected chi connectivity index (χ2v) is 13.7. The van der Waals surface area contributed by atoms with E-state index in [0.29, 0.717) is 6.20 Å². The fourth-order valence-electron chi connectivity index (χ4n) is 6.95. The fraction of sp³-hybridized carbons (Fsp3) is 0.536. The number of carboxylic acids is 1. The van der Waals surface area contributed by atoms with Crippen LogP contribution in [0.15, 0.2) is 41.4 Å². The van der Waals surface area contributed by atoms with Gasteiger partial charge in [-0.15, -0.1) is 0 Å². The number of carbonyl (C=O) groups excluding carboxylic acids is 1. The van der Waals surface area contributed by atoms with Gasteiger partial charge in [0.1, 0.15) is 10.6 Å². The number of sulfone groups is 1. The first-order valence-corrected chi connectivity index (χ1v) is 15.2. The van der Waals surface area contributed by atoms with Gasteiger partial charge in [0.15, 0.2) is 9.84 Å². The van der Waals surface area contributed by atoms with Gasteiger partial charge in [0.05, 0.1) is 22.5 Å². The van der Waals surface area contributed by atoms with Gasteiger partial charge in [-0.3, -0.25) is 14.6 Å². The van der Waals surface area contributed by atoms with Crippen molar-refractivity contribution in [2.24, 2.45) is 11.8 Å². The number of carbonyl (C=O) groups is 2. The lowest BCUT2D eigenvalue weighted by atomic mass is 9.78. The predicted octanol–water partition coefficient (Wildman–Crippen LogP) is 5.62. The molecule has 0 spiro atoms. The number of pyridine rings is 1. The average Bonchev–Trinajstić information content (AvgIpc) is 3.37. The quantitative estimate of drug-likeness (QED) is 0.332. The number of aromatic nitrogens is 1. The Kier molecular flexibility index (Phi) is 7.77. The second-order valence-electron chi connectivity index (χ2n) is 11.5. The molecule has 2 unspecified atom stereocenters. The Morgan fingerprint density at radius 2 is 1.48 bits per heavy atom. The van der Waals surface area contributed by atoms with Crippen molar-refractivity contribution in [3.05, 3.63) is 59.2 Å². The van der Waals surface area contributed by atoms with Crippen LogP contribution in [0.2, 0.25) is 0 Å². The molecule has 7 nitrogen and oxygen atoms in total. The van der Waals surface area contributed by atoms with Crippen LogP contribution in [0.25, 0.3) is 0 Å². The number of carboxylic acid groups (broad SMARTS) is 1. The van der Waals surface area contributed by atoms with E-state index in [1.807, 2.05) is 0 Å². The third-order valence-electron chi connectivity index (χ3n) is 9.22. The monoisotopic (exact) mass is 654 g/mol. The molecule has 2 aromatic rings. The van der Waals surface area contributed by atoms with E-state index in [4.69, 9.17) is 0 Å². The van der Waals surface area contributed by atoms with Crippen LogP contribution in [0.4, 0.5) is 35.1 Å². The molecule has 2 heterocycles. The van der Waals surface area contributed by atoms with Crippen molar-refractivity contribution in [1.82, 2.24) is 9.88 Å². The van der Waals surface area contributed by atoms with E-state index in [9.17, 15) is 58.2 Å². The molecule has 16 heteroatoms. The molecule has 3 aliphatic rings. The van der Waals surface area contributed by atoms with E-state index < -0.39 is 78.8 Å². The number of halogens is 8. The molecular weight excluding hydrogens is 628 g/mol. The number of likely N-dealkylation sites (tertiary alicyclic amines) is 1. The van der Waals surface area contributed by atoms with Crippen LogP contribution in [0, 0.1) is 17.7 Å². The summed E-state index contributed by atoms with van der Waals surface area (Å²) in [7, 11) is -4.63. The number of hydrogen-bond acceptors (Lipinski definition) is 5. The van der Waals surface area contributed by atoms with Crippen LogP contribution in [-0.4, -0.2) is 60.2 Å². The molecule has 44 heavy (non-hydrogen) atoms. The number of aryl methyl sites for hydroxylation is 1. The van der Waals surface area contributed by atoms with Gasteiger partial charge in [0.25, 0.3) is 0 Å². The summed E-state index contributed by atoms with van der Waals surface area (Å²) in [4.78, 5) is 29.2. The molecule has 240 valence electrons. The third kappa shape index (κ3) is 4.74. The number of hydrogen-bond donors (Lipinski definition) is 1. The standard InChI is InChI=1S/C28H26F8N2O5S/c29-18-6-8-19(9-7-18)44(42,43)25-11-12-38(23(39)15-1-3-16(4-2-15)24(40)41)22(25)10-5-17-13-21(37-14-20(17)25)26(30,27(31,32)33)28(34,35)36/h6-9,13-16,22H,1-5,10-12H2,(H,40,41)/t15-,16-,22?,25?. The summed E-state index contributed by atoms with van der Waals surface area (Å²) in [6.45, 7) is -0.151. The van der Waals surface area contributed by atoms with E-state index >= 15 is 0 Å². The number of benzene rings is 1. The van der Waals surface area contributed by atoms with Crippen molar-refractivity contribution in [2.75, 3.05) is 6.54 Å². The lowest BCUT2D eigenvalue weighted by Crippen LogP contribution is -2.54. The second kappa shape index (κ2) is 10.7. The maximum absolute atomic E-state index is 14.9. The molecular formula is C28H26F8N2O5S. The largest absolute Gasteiger partial charge is 0.481 e. The average molecular weight is 655 g/mol. The summed E-state index contributed by atoms with van der Waals surface area (Å²) < 4.78 is 136. The Bertz CT molecular complexity index is 1560. The van der Waals surface area contributed by atoms with Crippen molar-refractivity contribution < 1.29 is 58.2 Å². The maximum atomic E-state index is 14.9. The number of fused-ring (bicyclic) bond motifs is 3. The molecule has 1 N–H and O–H groups in total. The van der Waals surface area contributed by atoms with Crippen molar-refractivity contribution in [1.29, 1.82) is 0 Å². The highest BCUT2D eigenvalue weighted by atomic mass is 32.2. The van der Waals surface area contributed by atoms with Gasteiger partial charge in [-0.2, -0.15) is 26.3 Å². The van der Waals surface area contributed by atoms with E-state index in [2.05, 4.69) is 4.98 Å². The summed E-state index contributed by atoms with van der Waals surface area (Å²) in [5.41, 5.74) is -8.39. The van der Waals surface area contributed by atoms with Crippen LogP contribution in [0.5, 0.6) is 0 Å². The summed E-state index contributed by atoms with van der Waals surface area (Å²) in [6.07, 6.45) is -12.3. The molecule has 5 rings (SSSR count). The Labute approximate surface area is 246 Å². The highest BCUT2D eigenvalue weighted by Gasteiger charge is 2.75. The highest BCUT2D eigenvalue weighted by molar-refractivity contribution is 7.92. The molecule has 1 saturated carbocycles. The zero-order chi connectivity index (χ0) is 32.5. The first-order valence-electron chi connectivity index (χ1n) is 13.7. The third-order valence-corrected chi connectivity index (χ3v) is 11.8. The van der Waals surface area contributed by atoms with Crippen molar-refractivity contribution in [2.45, 2.75) is 78.7 Å². The van der Waals surface area contributed by atoms with Gasteiger partial charge in [0, 0.05) is 18.7 Å². The lowest BCUT2D eigenvalue weighted by molar-refractivity contribution is -0.350. The minimum Gasteiger partial charge on any atom is -0.481 e. The lowest BCUT2D eigenvalue weighted by Gasteiger charge is -2.43. The van der Waals surface area contributed by atoms with Crippen LogP contribution >= 0.6 is 0 Å². The van der Waals surface area contributed by atoms with Gasteiger partial charge < -0.3 is 10.0 Å². The summed E-state index contributed by atoms with van der Waals surface area (Å²) >= 11 is 0. The SMILES string of the molecule is O=C(O)[C@H]1CC[C@H](C(=O)N2CCC3(S(=O)(=O)c4ccc(F)cc4)c4cnc(C(F)(C(F)(F)F)C(F)(F)F)cc4CCC23)CC1. The molecule has 1 aromatic heterocycles. The maximum Gasteiger partial charge on any atom is 0.437 e. The van der Waals surface area contributed by atoms with Crippen LogP contribution in [0.1, 0.15) is 55.3 Å². The zero-order valence-corrected chi connectivity index (χ0v) is 23.6. The van der Waals surface area contributed by atoms with E-state index in [1.54, 1.807) is 0 Å². The topological polar surface area (TPSA) is 105 Å². The highest BCUT2D eigenvalue weighted by Crippen LogP contribution is 2.56. The number of nitrogens with zero attached hydrogens (tertiary/aromatic N) is 2. The zero-order valence-electron chi connectivity index (χ0n) is 22.8. The predicted molar refractivity (Wildman–Crippen MR) is 136 cm³/mol. The van der Waals surface area contributed by atoms with E-state index in [-0.39, 0.29) is 68.7 Å². The Hall–Kier alpha value is -3.30. The molecule has 1 aliphatic heterocycles. The van der Waals surface area contributed by atoms with Crippen molar-refractivity contribution in [3.8, 4) is 0 Å². The van der Waals surface area contributed by atoms with Crippen LogP contribution in [-0.2, 0) is 36.3 Å². The number of aliphatic carboxylic acids is 1. The first-order chi connectivity index (χ1) is 20.4. The van der Waals surface area contributed by atoms with Crippen molar-refractivity contribution in [3.63, 3.8) is 0 Å². The van der Waals surface area contributed by atoms with Gasteiger partial charge in [-0.1, -0.05) is 0 Å². The molecule has 0 radical (unpaired) electrons. The van der Waals surface area contributed by atoms with Crippen LogP contribution < -0.4 is 0 Å². The number of rotatable bonds is 5. The van der Waals surface area contributed by atoms with Crippen molar-refractivity contribution >= 4 is 21.7 Å². The number of amides is 1. The van der Waals surface area contributed by atoms with Gasteiger partial charge in [-0.05, 0) is 86.4 Å². The van der Waals surface area contributed by atoms with E-state index in [0.717, 1.165) is 24.3 Å². The van der Waals surface area contributed by atoms with Gasteiger partial charge >= 0.3 is 24.0 Å². The molecule has 2 atom stereocenters. The van der Waals surface area contributed by atoms with Crippen LogP contribution in [0.3, 0.4) is 0 Å². The number of alkyl halides is 7. The minimum absolute atomic E-state index is 0.151. The summed E-state index contributed by atoms with van der Waals surface area (Å²) in [5.74, 6) is -3.46. The van der Waals surface area contributed by atoms with E-state index in [1.165, 1.54) is 4.90 Å². The summed E-state index contributed by atoms with van der Waals surface area (Å²) in [5, 5.41) is 9.29. The normalized spacial score (nSPS) is 26.2. The molecule has 2 fully saturated rings. The Morgan fingerprint density at radius 3 is 2.02 bits per heavy atom. The molecule has 1 amide bonds. The van der Waals surface area contributed by atoms with Gasteiger partial charge in [0.2, 0.25) is 5.91 Å². The Balaban J connectivity index is 1.62. The molecule has 2 aliphatic carbocycles. The molecule has 0 bridgehead atoms. The first kappa shape index (κ1) is 32.1. The minimum atomic E-state index is -6.43. The molecule has 1 saturated heterocycles.